The molecule has 1 fully saturated rings. The molecule has 0 amide bonds. The monoisotopic (exact) mass is 409 g/mol. The first-order valence-corrected chi connectivity index (χ1v) is 7.66. The van der Waals surface area contributed by atoms with Crippen molar-refractivity contribution in [2.75, 3.05) is 32.9 Å². The number of hydrogen-bond donors (Lipinski definition) is 3. The predicted octanol–water partition coefficient (Wildman–Crippen LogP) is 1.67. The van der Waals surface area contributed by atoms with Gasteiger partial charge in [-0.3, -0.25) is 4.99 Å². The number of ether oxygens (including phenoxy) is 1. The molecule has 1 saturated heterocycles. The van der Waals surface area contributed by atoms with Crippen molar-refractivity contribution in [1.29, 1.82) is 0 Å². The zero-order valence-corrected chi connectivity index (χ0v) is 15.1. The highest BCUT2D eigenvalue weighted by atomic mass is 127. The van der Waals surface area contributed by atoms with E-state index in [0.717, 1.165) is 51.4 Å². The van der Waals surface area contributed by atoms with Crippen molar-refractivity contribution in [3.05, 3.63) is 12.2 Å². The highest BCUT2D eigenvalue weighted by Crippen LogP contribution is 2.30. The molecule has 3 N–H and O–H groups in total. The molecule has 0 aromatic rings. The molecule has 0 saturated carbocycles. The lowest BCUT2D eigenvalue weighted by atomic mass is 9.81. The molecule has 0 atom stereocenters. The largest absolute Gasteiger partial charge is 0.396 e. The minimum atomic E-state index is -0.103. The zero-order valence-electron chi connectivity index (χ0n) is 12.8. The average molecular weight is 409 g/mol. The van der Waals surface area contributed by atoms with Gasteiger partial charge in [0, 0.05) is 31.2 Å². The molecule has 1 aliphatic heterocycles. The van der Waals surface area contributed by atoms with Crippen molar-refractivity contribution in [3.8, 4) is 0 Å². The molecule has 0 aromatic carbocycles. The van der Waals surface area contributed by atoms with Crippen molar-refractivity contribution in [2.24, 2.45) is 10.4 Å². The molecule has 21 heavy (non-hydrogen) atoms. The molecule has 5 nitrogen and oxygen atoms in total. The van der Waals surface area contributed by atoms with E-state index in [0.29, 0.717) is 12.6 Å². The van der Waals surface area contributed by atoms with Crippen LogP contribution in [0.3, 0.4) is 0 Å². The molecule has 0 aromatic heterocycles. The van der Waals surface area contributed by atoms with Crippen LogP contribution in [-0.2, 0) is 4.74 Å². The highest BCUT2D eigenvalue weighted by molar-refractivity contribution is 14.0. The van der Waals surface area contributed by atoms with E-state index in [2.05, 4.69) is 29.7 Å². The predicted molar refractivity (Wildman–Crippen MR) is 96.3 cm³/mol. The van der Waals surface area contributed by atoms with Gasteiger partial charge in [0.05, 0.1) is 13.2 Å². The maximum atomic E-state index is 9.69. The van der Waals surface area contributed by atoms with Gasteiger partial charge in [-0.25, -0.2) is 0 Å². The summed E-state index contributed by atoms with van der Waals surface area (Å²) in [4.78, 5) is 4.69. The fourth-order valence-corrected chi connectivity index (χ4v) is 2.67. The first-order chi connectivity index (χ1) is 9.78. The van der Waals surface area contributed by atoms with Gasteiger partial charge >= 0.3 is 0 Å². The minimum absolute atomic E-state index is 0. The Bertz CT molecular complexity index is 347. The third kappa shape index (κ3) is 5.75. The molecule has 0 spiro atoms. The number of guanidine groups is 1. The highest BCUT2D eigenvalue weighted by Gasteiger charge is 2.32. The molecular formula is C15H28IN3O2. The number of aliphatic hydroxyl groups excluding tert-OH is 1. The van der Waals surface area contributed by atoms with Gasteiger partial charge in [0.1, 0.15) is 0 Å². The van der Waals surface area contributed by atoms with Gasteiger partial charge in [-0.15, -0.1) is 24.0 Å². The van der Waals surface area contributed by atoms with Crippen molar-refractivity contribution in [2.45, 2.75) is 38.6 Å². The summed E-state index contributed by atoms with van der Waals surface area (Å²) in [6.07, 6.45) is 8.30. The summed E-state index contributed by atoms with van der Waals surface area (Å²) in [5.41, 5.74) is -0.103. The van der Waals surface area contributed by atoms with Crippen LogP contribution < -0.4 is 10.6 Å². The lowest BCUT2D eigenvalue weighted by Crippen LogP contribution is -2.44. The summed E-state index contributed by atoms with van der Waals surface area (Å²) in [6, 6.07) is 0.451. The van der Waals surface area contributed by atoms with E-state index in [4.69, 9.17) is 9.73 Å². The van der Waals surface area contributed by atoms with E-state index < -0.39 is 0 Å². The van der Waals surface area contributed by atoms with Crippen molar-refractivity contribution >= 4 is 29.9 Å². The third-order valence-corrected chi connectivity index (χ3v) is 4.15. The Balaban J connectivity index is 0.00000220. The van der Waals surface area contributed by atoms with E-state index >= 15 is 0 Å². The number of aliphatic hydroxyl groups is 1. The Morgan fingerprint density at radius 2 is 2.00 bits per heavy atom. The van der Waals surface area contributed by atoms with Gasteiger partial charge in [0.2, 0.25) is 0 Å². The summed E-state index contributed by atoms with van der Waals surface area (Å²) < 4.78 is 5.39. The summed E-state index contributed by atoms with van der Waals surface area (Å²) in [5.74, 6) is 0.862. The Kier molecular flexibility index (Phi) is 8.58. The van der Waals surface area contributed by atoms with E-state index in [9.17, 15) is 5.11 Å². The van der Waals surface area contributed by atoms with Gasteiger partial charge in [0.25, 0.3) is 0 Å². The SMILES string of the molecule is CCNC(=NCC1(CO)CCOCC1)NC1CC=CC1.I. The van der Waals surface area contributed by atoms with Crippen LogP contribution in [0.1, 0.15) is 32.6 Å². The number of hydrogen-bond acceptors (Lipinski definition) is 3. The van der Waals surface area contributed by atoms with Gasteiger partial charge in [0.15, 0.2) is 5.96 Å². The fraction of sp³-hybridized carbons (Fsp3) is 0.800. The van der Waals surface area contributed by atoms with Crippen molar-refractivity contribution < 1.29 is 9.84 Å². The summed E-state index contributed by atoms with van der Waals surface area (Å²) >= 11 is 0. The molecule has 6 heteroatoms. The van der Waals surface area contributed by atoms with Crippen LogP contribution in [0.5, 0.6) is 0 Å². The maximum Gasteiger partial charge on any atom is 0.191 e. The Labute approximate surface area is 144 Å². The Morgan fingerprint density at radius 3 is 2.57 bits per heavy atom. The topological polar surface area (TPSA) is 65.9 Å². The van der Waals surface area contributed by atoms with Gasteiger partial charge in [-0.05, 0) is 32.6 Å². The second-order valence-corrected chi connectivity index (χ2v) is 5.75. The minimum Gasteiger partial charge on any atom is -0.396 e. The van der Waals surface area contributed by atoms with Crippen LogP contribution in [0.15, 0.2) is 17.1 Å². The second kappa shape index (κ2) is 9.63. The fourth-order valence-electron chi connectivity index (χ4n) is 2.67. The van der Waals surface area contributed by atoms with E-state index in [1.54, 1.807) is 0 Å². The molecular weight excluding hydrogens is 381 g/mol. The van der Waals surface area contributed by atoms with Crippen LogP contribution in [0, 0.1) is 5.41 Å². The van der Waals surface area contributed by atoms with E-state index in [1.807, 2.05) is 0 Å². The molecule has 2 aliphatic rings. The average Bonchev–Trinajstić information content (AvgIpc) is 2.99. The molecule has 0 radical (unpaired) electrons. The second-order valence-electron chi connectivity index (χ2n) is 5.75. The summed E-state index contributed by atoms with van der Waals surface area (Å²) in [7, 11) is 0. The van der Waals surface area contributed by atoms with Crippen LogP contribution >= 0.6 is 24.0 Å². The lowest BCUT2D eigenvalue weighted by molar-refractivity contribution is -0.0106. The van der Waals surface area contributed by atoms with Crippen molar-refractivity contribution in [3.63, 3.8) is 0 Å². The Hall–Kier alpha value is -0.340. The Morgan fingerprint density at radius 1 is 1.33 bits per heavy atom. The van der Waals surface area contributed by atoms with Gasteiger partial charge < -0.3 is 20.5 Å². The number of nitrogens with zero attached hydrogens (tertiary/aromatic N) is 1. The summed E-state index contributed by atoms with van der Waals surface area (Å²) in [6.45, 7) is 5.22. The molecule has 0 bridgehead atoms. The standard InChI is InChI=1S/C15H27N3O2.HI/c1-2-16-14(18-13-5-3-4-6-13)17-11-15(12-19)7-9-20-10-8-15;/h3-4,13,19H,2,5-12H2,1H3,(H2,16,17,18);1H. The number of halogens is 1. The maximum absolute atomic E-state index is 9.69. The molecule has 122 valence electrons. The lowest BCUT2D eigenvalue weighted by Gasteiger charge is -2.34. The first kappa shape index (κ1) is 18.7. The normalized spacial score (nSPS) is 21.9. The molecule has 2 rings (SSSR count). The van der Waals surface area contributed by atoms with Crippen molar-refractivity contribution in [1.82, 2.24) is 10.6 Å². The van der Waals surface area contributed by atoms with Crippen LogP contribution in [-0.4, -0.2) is 50.0 Å². The number of aliphatic imine (C=N–C) groups is 1. The quantitative estimate of drug-likeness (QED) is 0.280. The number of nitrogens with one attached hydrogen (secondary N) is 2. The zero-order chi connectivity index (χ0) is 14.3. The summed E-state index contributed by atoms with van der Waals surface area (Å²) in [5, 5.41) is 16.4. The van der Waals surface area contributed by atoms with E-state index in [-0.39, 0.29) is 36.0 Å². The third-order valence-electron chi connectivity index (χ3n) is 4.15. The number of rotatable bonds is 5. The molecule has 0 unspecified atom stereocenters. The molecule has 1 heterocycles. The van der Waals surface area contributed by atoms with E-state index in [1.165, 1.54) is 0 Å². The van der Waals surface area contributed by atoms with Crippen LogP contribution in [0.4, 0.5) is 0 Å². The first-order valence-electron chi connectivity index (χ1n) is 7.66. The van der Waals surface area contributed by atoms with Crippen LogP contribution in [0.2, 0.25) is 0 Å². The van der Waals surface area contributed by atoms with Gasteiger partial charge in [-0.1, -0.05) is 12.2 Å². The van der Waals surface area contributed by atoms with Crippen LogP contribution in [0.25, 0.3) is 0 Å². The smallest absolute Gasteiger partial charge is 0.191 e. The molecule has 1 aliphatic carbocycles. The van der Waals surface area contributed by atoms with Gasteiger partial charge in [-0.2, -0.15) is 0 Å².